The first-order valence-corrected chi connectivity index (χ1v) is 14.7. The van der Waals surface area contributed by atoms with Gasteiger partial charge >= 0.3 is 0 Å². The number of fused-ring (bicyclic) bond motifs is 4. The second-order valence-electron chi connectivity index (χ2n) is 12.3. The van der Waals surface area contributed by atoms with Crippen molar-refractivity contribution in [2.24, 2.45) is 5.92 Å². The van der Waals surface area contributed by atoms with Crippen molar-refractivity contribution in [3.05, 3.63) is 93.6 Å². The van der Waals surface area contributed by atoms with Crippen molar-refractivity contribution in [3.8, 4) is 11.5 Å². The first-order chi connectivity index (χ1) is 19.1. The number of piperidine rings is 1. The molecule has 4 atom stereocenters. The Bertz CT molecular complexity index is 1660. The first-order valence-electron chi connectivity index (χ1n) is 14.3. The SMILES string of the molecule is Cl.Oc1ccc2c3c1O[C@H]1c4[nH]c5ccccc5c4C[C@@]4(OCc5ccccc5Cl)[C@H](C2)N(CC2CC2)CC[C@]314. The van der Waals surface area contributed by atoms with Crippen LogP contribution in [0, 0.1) is 5.92 Å². The number of aromatic amines is 1. The standard InChI is InChI=1S/C33H31ClN2O3.ClH/c34-24-7-3-1-5-21(24)18-38-33-16-23-22-6-2-4-8-25(22)35-29(23)31-32(33)13-14-36(17-19-9-10-19)27(33)15-20-11-12-26(37)30(39-31)28(20)32;/h1-8,11-12,19,27,31,35,37H,9-10,13-18H2;1H/t27-,31-,32-,33+;/m0./s1. The molecule has 1 saturated heterocycles. The summed E-state index contributed by atoms with van der Waals surface area (Å²) in [5, 5.41) is 13.1. The molecular weight excluding hydrogens is 543 g/mol. The van der Waals surface area contributed by atoms with Gasteiger partial charge in [0.05, 0.1) is 17.7 Å². The number of hydrogen-bond acceptors (Lipinski definition) is 4. The van der Waals surface area contributed by atoms with Gasteiger partial charge in [0, 0.05) is 40.5 Å². The minimum atomic E-state index is -0.520. The normalized spacial score (nSPS) is 29.4. The number of benzene rings is 3. The van der Waals surface area contributed by atoms with E-state index in [1.165, 1.54) is 34.9 Å². The van der Waals surface area contributed by atoms with Crippen LogP contribution in [0.2, 0.25) is 5.02 Å². The smallest absolute Gasteiger partial charge is 0.166 e. The summed E-state index contributed by atoms with van der Waals surface area (Å²) in [4.78, 5) is 6.50. The third-order valence-corrected chi connectivity index (χ3v) is 10.8. The zero-order valence-electron chi connectivity index (χ0n) is 22.2. The van der Waals surface area contributed by atoms with Crippen LogP contribution in [-0.4, -0.2) is 39.7 Å². The summed E-state index contributed by atoms with van der Waals surface area (Å²) in [7, 11) is 0. The number of phenols is 1. The van der Waals surface area contributed by atoms with Gasteiger partial charge < -0.3 is 19.6 Å². The van der Waals surface area contributed by atoms with Crippen molar-refractivity contribution >= 4 is 34.9 Å². The lowest BCUT2D eigenvalue weighted by molar-refractivity contribution is -0.210. The molecule has 2 fully saturated rings. The van der Waals surface area contributed by atoms with E-state index in [1.807, 2.05) is 24.3 Å². The average Bonchev–Trinajstić information content (AvgIpc) is 3.59. The van der Waals surface area contributed by atoms with E-state index in [4.69, 9.17) is 21.1 Å². The highest BCUT2D eigenvalue weighted by molar-refractivity contribution is 6.31. The van der Waals surface area contributed by atoms with Gasteiger partial charge in [0.2, 0.25) is 0 Å². The second kappa shape index (κ2) is 8.65. The van der Waals surface area contributed by atoms with Gasteiger partial charge in [-0.1, -0.05) is 54.1 Å². The molecule has 5 aliphatic rings. The maximum absolute atomic E-state index is 11.1. The molecular formula is C33H32Cl2N2O3. The second-order valence-corrected chi connectivity index (χ2v) is 12.7. The number of aromatic hydroxyl groups is 1. The molecule has 2 bridgehead atoms. The third-order valence-electron chi connectivity index (χ3n) is 10.5. The van der Waals surface area contributed by atoms with Crippen LogP contribution in [0.4, 0.5) is 0 Å². The van der Waals surface area contributed by atoms with E-state index in [1.54, 1.807) is 0 Å². The van der Waals surface area contributed by atoms with Gasteiger partial charge in [-0.15, -0.1) is 12.4 Å². The van der Waals surface area contributed by atoms with Crippen molar-refractivity contribution in [2.75, 3.05) is 13.1 Å². The highest BCUT2D eigenvalue weighted by atomic mass is 35.5. The lowest BCUT2D eigenvalue weighted by atomic mass is 9.48. The molecule has 2 aliphatic heterocycles. The highest BCUT2D eigenvalue weighted by Crippen LogP contribution is 2.70. The Balaban J connectivity index is 0.00000245. The molecule has 40 heavy (non-hydrogen) atoms. The number of H-pyrrole nitrogens is 1. The number of nitrogens with one attached hydrogen (secondary N) is 1. The third kappa shape index (κ3) is 3.12. The number of para-hydroxylation sites is 1. The summed E-state index contributed by atoms with van der Waals surface area (Å²) >= 11 is 6.67. The summed E-state index contributed by atoms with van der Waals surface area (Å²) in [6, 6.07) is 20.8. The number of hydrogen-bond donors (Lipinski definition) is 2. The molecule has 1 saturated carbocycles. The molecule has 0 radical (unpaired) electrons. The fraction of sp³-hybridized carbons (Fsp3) is 0.394. The minimum Gasteiger partial charge on any atom is -0.504 e. The quantitative estimate of drug-likeness (QED) is 0.273. The largest absolute Gasteiger partial charge is 0.504 e. The zero-order valence-corrected chi connectivity index (χ0v) is 23.7. The topological polar surface area (TPSA) is 57.7 Å². The molecule has 4 aromatic rings. The summed E-state index contributed by atoms with van der Waals surface area (Å²) < 4.78 is 14.3. The zero-order chi connectivity index (χ0) is 25.9. The number of nitrogens with zero attached hydrogens (tertiary/aromatic N) is 1. The van der Waals surface area contributed by atoms with E-state index < -0.39 is 11.0 Å². The van der Waals surface area contributed by atoms with Crippen LogP contribution in [0.15, 0.2) is 60.7 Å². The van der Waals surface area contributed by atoms with Crippen molar-refractivity contribution in [3.63, 3.8) is 0 Å². The van der Waals surface area contributed by atoms with Gasteiger partial charge in [-0.25, -0.2) is 0 Å². The fourth-order valence-corrected chi connectivity index (χ4v) is 8.83. The van der Waals surface area contributed by atoms with Crippen molar-refractivity contribution in [2.45, 2.75) is 61.9 Å². The maximum Gasteiger partial charge on any atom is 0.166 e. The predicted octanol–water partition coefficient (Wildman–Crippen LogP) is 6.87. The van der Waals surface area contributed by atoms with Gasteiger partial charge in [-0.2, -0.15) is 0 Å². The number of likely N-dealkylation sites (tertiary alicyclic amines) is 1. The molecule has 7 heteroatoms. The summed E-state index contributed by atoms with van der Waals surface area (Å²) in [5.74, 6) is 1.68. The molecule has 0 unspecified atom stereocenters. The van der Waals surface area contributed by atoms with Crippen LogP contribution in [0.25, 0.3) is 10.9 Å². The van der Waals surface area contributed by atoms with E-state index in [-0.39, 0.29) is 30.3 Å². The number of aromatic nitrogens is 1. The average molecular weight is 576 g/mol. The summed E-state index contributed by atoms with van der Waals surface area (Å²) in [5.41, 5.74) is 6.14. The predicted molar refractivity (Wildman–Crippen MR) is 158 cm³/mol. The molecule has 2 N–H and O–H groups in total. The molecule has 9 rings (SSSR count). The van der Waals surface area contributed by atoms with Gasteiger partial charge in [-0.3, -0.25) is 4.90 Å². The van der Waals surface area contributed by atoms with Crippen LogP contribution < -0.4 is 4.74 Å². The van der Waals surface area contributed by atoms with Gasteiger partial charge in [0.25, 0.3) is 0 Å². The Labute approximate surface area is 244 Å². The molecule has 1 aromatic heterocycles. The number of rotatable bonds is 5. The van der Waals surface area contributed by atoms with Gasteiger partial charge in [0.15, 0.2) is 17.6 Å². The lowest BCUT2D eigenvalue weighted by Gasteiger charge is -2.64. The van der Waals surface area contributed by atoms with Crippen LogP contribution in [-0.2, 0) is 29.6 Å². The number of phenolic OH excluding ortho intramolecular Hbond substituents is 1. The molecule has 3 aliphatic carbocycles. The van der Waals surface area contributed by atoms with E-state index >= 15 is 0 Å². The van der Waals surface area contributed by atoms with Gasteiger partial charge in [-0.05, 0) is 73.0 Å². The Morgan fingerprint density at radius 2 is 1.90 bits per heavy atom. The Kier molecular flexibility index (Phi) is 5.42. The Morgan fingerprint density at radius 3 is 2.75 bits per heavy atom. The van der Waals surface area contributed by atoms with Crippen LogP contribution in [0.3, 0.4) is 0 Å². The van der Waals surface area contributed by atoms with E-state index in [0.29, 0.717) is 12.4 Å². The molecule has 3 aromatic carbocycles. The number of halogens is 2. The van der Waals surface area contributed by atoms with Crippen LogP contribution in [0.5, 0.6) is 11.5 Å². The molecule has 1 spiro atoms. The minimum absolute atomic E-state index is 0. The fourth-order valence-electron chi connectivity index (χ4n) is 8.64. The summed E-state index contributed by atoms with van der Waals surface area (Å²) in [6.07, 6.45) is 5.04. The maximum atomic E-state index is 11.1. The van der Waals surface area contributed by atoms with Crippen LogP contribution in [0.1, 0.15) is 53.3 Å². The van der Waals surface area contributed by atoms with Crippen molar-refractivity contribution in [1.82, 2.24) is 9.88 Å². The van der Waals surface area contributed by atoms with E-state index in [2.05, 4.69) is 46.3 Å². The van der Waals surface area contributed by atoms with Gasteiger partial charge in [0.1, 0.15) is 5.60 Å². The summed E-state index contributed by atoms with van der Waals surface area (Å²) in [6.45, 7) is 2.59. The molecule has 206 valence electrons. The number of ether oxygens (including phenoxy) is 2. The monoisotopic (exact) mass is 574 g/mol. The van der Waals surface area contributed by atoms with Crippen molar-refractivity contribution < 1.29 is 14.6 Å². The molecule has 0 amide bonds. The Morgan fingerprint density at radius 1 is 1.07 bits per heavy atom. The first kappa shape index (κ1) is 25.0. The highest BCUT2D eigenvalue weighted by Gasteiger charge is 2.74. The molecule has 3 heterocycles. The Hall–Kier alpha value is -2.70. The van der Waals surface area contributed by atoms with Crippen molar-refractivity contribution in [1.29, 1.82) is 0 Å². The molecule has 5 nitrogen and oxygen atoms in total. The van der Waals surface area contributed by atoms with Crippen LogP contribution >= 0.6 is 24.0 Å². The van der Waals surface area contributed by atoms with E-state index in [9.17, 15) is 5.11 Å². The lowest BCUT2D eigenvalue weighted by Crippen LogP contribution is -2.75. The van der Waals surface area contributed by atoms with E-state index in [0.717, 1.165) is 60.1 Å².